The summed E-state index contributed by atoms with van der Waals surface area (Å²) < 4.78 is 53.4. The van der Waals surface area contributed by atoms with E-state index in [0.717, 1.165) is 0 Å². The van der Waals surface area contributed by atoms with Crippen molar-refractivity contribution in [1.29, 1.82) is 0 Å². The van der Waals surface area contributed by atoms with Gasteiger partial charge in [0.15, 0.2) is 5.69 Å². The van der Waals surface area contributed by atoms with Crippen LogP contribution in [-0.2, 0) is 19.3 Å². The average Bonchev–Trinajstić information content (AvgIpc) is 3.31. The predicted octanol–water partition coefficient (Wildman–Crippen LogP) is 7.45. The third-order valence-electron chi connectivity index (χ3n) is 5.99. The highest BCUT2D eigenvalue weighted by atomic mass is 35.5. The number of aromatic nitrogens is 2. The lowest BCUT2D eigenvalue weighted by molar-refractivity contribution is -0.140. The first-order valence-corrected chi connectivity index (χ1v) is 12.3. The molecule has 0 saturated heterocycles. The van der Waals surface area contributed by atoms with Gasteiger partial charge in [-0.3, -0.25) is 0 Å². The highest BCUT2D eigenvalue weighted by molar-refractivity contribution is 6.33. The van der Waals surface area contributed by atoms with Crippen LogP contribution < -0.4 is 9.64 Å². The number of anilines is 1. The second kappa shape index (κ2) is 11.4. The van der Waals surface area contributed by atoms with E-state index in [1.165, 1.54) is 36.2 Å². The van der Waals surface area contributed by atoms with Crippen LogP contribution in [0.2, 0.25) is 5.02 Å². The Labute approximate surface area is 227 Å². The summed E-state index contributed by atoms with van der Waals surface area (Å²) in [6, 6.07) is 15.6. The van der Waals surface area contributed by atoms with Crippen LogP contribution in [0.4, 0.5) is 18.9 Å². The molecule has 0 saturated carbocycles. The number of ether oxygens (including phenoxy) is 1. The van der Waals surface area contributed by atoms with Crippen molar-refractivity contribution in [2.45, 2.75) is 39.1 Å². The van der Waals surface area contributed by atoms with Gasteiger partial charge in [-0.15, -0.1) is 0 Å². The number of nitrogens with zero attached hydrogens (tertiary/aromatic N) is 3. The molecule has 0 atom stereocenters. The number of hydrogen-bond donors (Lipinski definition) is 1. The van der Waals surface area contributed by atoms with Crippen LogP contribution in [0.5, 0.6) is 5.88 Å². The molecule has 0 amide bonds. The van der Waals surface area contributed by atoms with Crippen LogP contribution in [0.15, 0.2) is 65.2 Å². The fourth-order valence-corrected chi connectivity index (χ4v) is 4.29. The van der Waals surface area contributed by atoms with E-state index in [2.05, 4.69) is 10.1 Å². The summed E-state index contributed by atoms with van der Waals surface area (Å²) in [5.74, 6) is -0.830. The molecule has 1 N–H and O–H groups in total. The Bertz CT molecular complexity index is 1470. The molecule has 2 heterocycles. The van der Waals surface area contributed by atoms with Crippen LogP contribution >= 0.6 is 11.6 Å². The molecule has 0 aliphatic carbocycles. The van der Waals surface area contributed by atoms with Gasteiger partial charge in [0, 0.05) is 31.1 Å². The number of benzene rings is 2. The topological polar surface area (TPSA) is 88.7 Å². The van der Waals surface area contributed by atoms with Crippen LogP contribution in [0, 0.1) is 0 Å². The Kier molecular flexibility index (Phi) is 8.15. The van der Waals surface area contributed by atoms with Crippen molar-refractivity contribution >= 4 is 23.3 Å². The first-order chi connectivity index (χ1) is 18.5. The lowest BCUT2D eigenvalue weighted by atomic mass is 10.0. The van der Waals surface area contributed by atoms with Crippen LogP contribution in [-0.4, -0.2) is 28.3 Å². The molecule has 2 aromatic carbocycles. The molecule has 2 aromatic heterocycles. The minimum Gasteiger partial charge on any atom is -0.478 e. The lowest BCUT2D eigenvalue weighted by Crippen LogP contribution is -2.22. The maximum atomic E-state index is 14.0. The minimum absolute atomic E-state index is 0.0633. The molecule has 4 rings (SSSR count). The Hall–Kier alpha value is -4.05. The summed E-state index contributed by atoms with van der Waals surface area (Å²) in [6.07, 6.45) is -4.75. The largest absolute Gasteiger partial charge is 0.478 e. The lowest BCUT2D eigenvalue weighted by Gasteiger charge is -2.23. The summed E-state index contributed by atoms with van der Waals surface area (Å²) in [7, 11) is 1.50. The van der Waals surface area contributed by atoms with Gasteiger partial charge in [0.2, 0.25) is 5.88 Å². The number of carboxylic acid groups (broad SMARTS) is 1. The Morgan fingerprint density at radius 2 is 1.79 bits per heavy atom. The molecular formula is C28H25ClF3N3O4. The quantitative estimate of drug-likeness (QED) is 0.228. The molecule has 4 aromatic rings. The Balaban J connectivity index is 1.60. The van der Waals surface area contributed by atoms with E-state index in [4.69, 9.17) is 26.0 Å². The highest BCUT2D eigenvalue weighted by Gasteiger charge is 2.37. The van der Waals surface area contributed by atoms with E-state index in [0.29, 0.717) is 33.2 Å². The molecule has 0 aliphatic rings. The summed E-state index contributed by atoms with van der Waals surface area (Å²) >= 11 is 6.34. The molecular weight excluding hydrogens is 535 g/mol. The van der Waals surface area contributed by atoms with E-state index in [1.54, 1.807) is 36.4 Å². The van der Waals surface area contributed by atoms with Gasteiger partial charge in [0.1, 0.15) is 18.1 Å². The van der Waals surface area contributed by atoms with Crippen molar-refractivity contribution in [1.82, 2.24) is 10.1 Å². The second-order valence-corrected chi connectivity index (χ2v) is 9.58. The molecule has 0 aliphatic heterocycles. The van der Waals surface area contributed by atoms with E-state index in [-0.39, 0.29) is 36.2 Å². The maximum absolute atomic E-state index is 14.0. The fraction of sp³-hybridized carbons (Fsp3) is 0.250. The van der Waals surface area contributed by atoms with Gasteiger partial charge in [-0.25, -0.2) is 9.78 Å². The standard InChI is InChI=1S/C28H25ClF3N3O4/c1-16(2)25-20(24(34-39-25)19-6-4-5-7-21(19)29)15-38-23-13-12-22(26(33-23)28(30,31)32)35(3)14-17-8-10-18(11-9-17)27(36)37/h4-13,16H,14-15H2,1-3H3,(H,36,37). The maximum Gasteiger partial charge on any atom is 0.435 e. The smallest absolute Gasteiger partial charge is 0.435 e. The van der Waals surface area contributed by atoms with Gasteiger partial charge in [-0.2, -0.15) is 13.2 Å². The summed E-state index contributed by atoms with van der Waals surface area (Å²) in [5.41, 5.74) is 1.10. The van der Waals surface area contributed by atoms with Gasteiger partial charge in [-0.05, 0) is 29.8 Å². The van der Waals surface area contributed by atoms with Crippen LogP contribution in [0.25, 0.3) is 11.3 Å². The summed E-state index contributed by atoms with van der Waals surface area (Å²) in [6.45, 7) is 3.78. The van der Waals surface area contributed by atoms with Gasteiger partial charge < -0.3 is 19.3 Å². The van der Waals surface area contributed by atoms with Gasteiger partial charge in [-0.1, -0.05) is 60.9 Å². The number of rotatable bonds is 9. The van der Waals surface area contributed by atoms with Gasteiger partial charge in [0.05, 0.1) is 21.8 Å². The average molecular weight is 560 g/mol. The molecule has 11 heteroatoms. The molecule has 0 bridgehead atoms. The molecule has 39 heavy (non-hydrogen) atoms. The third-order valence-corrected chi connectivity index (χ3v) is 6.31. The van der Waals surface area contributed by atoms with Crippen molar-refractivity contribution in [2.24, 2.45) is 0 Å². The third kappa shape index (κ3) is 6.34. The number of aromatic carboxylic acids is 1. The van der Waals surface area contributed by atoms with E-state index in [9.17, 15) is 18.0 Å². The SMILES string of the molecule is CC(C)c1onc(-c2ccccc2Cl)c1COc1ccc(N(C)Cc2ccc(C(=O)O)cc2)c(C(F)(F)F)n1. The van der Waals surface area contributed by atoms with Crippen LogP contribution in [0.1, 0.15) is 52.7 Å². The monoisotopic (exact) mass is 559 g/mol. The number of carboxylic acids is 1. The fourth-order valence-electron chi connectivity index (χ4n) is 4.07. The predicted molar refractivity (Wildman–Crippen MR) is 140 cm³/mol. The minimum atomic E-state index is -4.75. The zero-order valence-electron chi connectivity index (χ0n) is 21.3. The molecule has 0 unspecified atom stereocenters. The van der Waals surface area contributed by atoms with Crippen LogP contribution in [0.3, 0.4) is 0 Å². The Morgan fingerprint density at radius 1 is 1.10 bits per heavy atom. The number of halogens is 4. The van der Waals surface area contributed by atoms with Crippen molar-refractivity contribution < 1.29 is 32.3 Å². The molecule has 7 nitrogen and oxygen atoms in total. The van der Waals surface area contributed by atoms with Crippen molar-refractivity contribution in [3.63, 3.8) is 0 Å². The molecule has 0 radical (unpaired) electrons. The van der Waals surface area contributed by atoms with E-state index >= 15 is 0 Å². The summed E-state index contributed by atoms with van der Waals surface area (Å²) in [4.78, 5) is 16.2. The highest BCUT2D eigenvalue weighted by Crippen LogP contribution is 2.38. The number of carbonyl (C=O) groups is 1. The first-order valence-electron chi connectivity index (χ1n) is 11.9. The molecule has 0 spiro atoms. The number of hydrogen-bond acceptors (Lipinski definition) is 6. The molecule has 0 fully saturated rings. The number of pyridine rings is 1. The first kappa shape index (κ1) is 28.0. The Morgan fingerprint density at radius 3 is 2.41 bits per heavy atom. The van der Waals surface area contributed by atoms with Crippen molar-refractivity contribution in [3.05, 3.63) is 93.8 Å². The zero-order valence-corrected chi connectivity index (χ0v) is 22.0. The molecule has 204 valence electrons. The number of alkyl halides is 3. The second-order valence-electron chi connectivity index (χ2n) is 9.17. The van der Waals surface area contributed by atoms with E-state index < -0.39 is 17.8 Å². The van der Waals surface area contributed by atoms with Gasteiger partial charge >= 0.3 is 12.1 Å². The summed E-state index contributed by atoms with van der Waals surface area (Å²) in [5, 5.41) is 13.6. The van der Waals surface area contributed by atoms with Crippen molar-refractivity contribution in [2.75, 3.05) is 11.9 Å². The zero-order chi connectivity index (χ0) is 28.3. The van der Waals surface area contributed by atoms with E-state index in [1.807, 2.05) is 13.8 Å². The van der Waals surface area contributed by atoms with Crippen molar-refractivity contribution in [3.8, 4) is 17.1 Å². The van der Waals surface area contributed by atoms with Gasteiger partial charge in [0.25, 0.3) is 0 Å². The normalized spacial score (nSPS) is 11.6.